The summed E-state index contributed by atoms with van der Waals surface area (Å²) >= 11 is 0. The van der Waals surface area contributed by atoms with Crippen LogP contribution < -0.4 is 0 Å². The van der Waals surface area contributed by atoms with Gasteiger partial charge in [-0.2, -0.15) is 0 Å². The van der Waals surface area contributed by atoms with E-state index in [2.05, 4.69) is 4.90 Å². The molecule has 0 amide bonds. The minimum absolute atomic E-state index is 0.205. The summed E-state index contributed by atoms with van der Waals surface area (Å²) in [6.45, 7) is 4.01. The van der Waals surface area contributed by atoms with Crippen molar-refractivity contribution < 1.29 is 8.42 Å². The molecule has 0 bridgehead atoms. The third kappa shape index (κ3) is 2.71. The first-order valence-electron chi connectivity index (χ1n) is 6.80. The number of hydrogen-bond acceptors (Lipinski definition) is 3. The van der Waals surface area contributed by atoms with E-state index in [-0.39, 0.29) is 4.90 Å². The Morgan fingerprint density at radius 3 is 2.50 bits per heavy atom. The van der Waals surface area contributed by atoms with Gasteiger partial charge in [-0.25, -0.2) is 8.42 Å². The van der Waals surface area contributed by atoms with E-state index in [4.69, 9.17) is 10.7 Å². The van der Waals surface area contributed by atoms with Crippen molar-refractivity contribution in [1.82, 2.24) is 9.47 Å². The van der Waals surface area contributed by atoms with Gasteiger partial charge in [-0.3, -0.25) is 0 Å². The van der Waals surface area contributed by atoms with Crippen LogP contribution in [0.2, 0.25) is 0 Å². The van der Waals surface area contributed by atoms with Gasteiger partial charge in [-0.05, 0) is 32.0 Å². The lowest BCUT2D eigenvalue weighted by atomic mass is 10.2. The summed E-state index contributed by atoms with van der Waals surface area (Å²) in [5.41, 5.74) is 0.922. The van der Waals surface area contributed by atoms with E-state index in [0.29, 0.717) is 5.39 Å². The molecule has 4 nitrogen and oxygen atoms in total. The highest BCUT2D eigenvalue weighted by Crippen LogP contribution is 2.27. The molecule has 0 unspecified atom stereocenters. The number of benzene rings is 1. The zero-order chi connectivity index (χ0) is 14.2. The van der Waals surface area contributed by atoms with E-state index < -0.39 is 9.05 Å². The van der Waals surface area contributed by atoms with Gasteiger partial charge in [0.1, 0.15) is 4.90 Å². The molecule has 2 aromatic rings. The molecule has 1 fully saturated rings. The lowest BCUT2D eigenvalue weighted by Crippen LogP contribution is -2.23. The lowest BCUT2D eigenvalue weighted by molar-refractivity contribution is 0.324. The molecule has 1 aliphatic rings. The van der Waals surface area contributed by atoms with E-state index in [0.717, 1.165) is 31.7 Å². The fourth-order valence-electron chi connectivity index (χ4n) is 2.85. The summed E-state index contributed by atoms with van der Waals surface area (Å²) in [7, 11) is 1.82. The number of nitrogens with zero attached hydrogens (tertiary/aromatic N) is 2. The van der Waals surface area contributed by atoms with Crippen molar-refractivity contribution in [3.8, 4) is 0 Å². The molecule has 20 heavy (non-hydrogen) atoms. The highest BCUT2D eigenvalue weighted by Gasteiger charge is 2.19. The number of aromatic nitrogens is 1. The van der Waals surface area contributed by atoms with E-state index in [1.54, 1.807) is 12.3 Å². The SMILES string of the molecule is O=S(=O)(Cl)c1cn(CCN2CCCC2)c2ccccc12. The van der Waals surface area contributed by atoms with Crippen LogP contribution in [-0.4, -0.2) is 37.5 Å². The molecule has 0 aliphatic carbocycles. The van der Waals surface area contributed by atoms with Crippen LogP contribution in [0.4, 0.5) is 0 Å². The highest BCUT2D eigenvalue weighted by atomic mass is 35.7. The van der Waals surface area contributed by atoms with Gasteiger partial charge in [0.05, 0.1) is 0 Å². The Labute approximate surface area is 123 Å². The van der Waals surface area contributed by atoms with Gasteiger partial charge in [0.2, 0.25) is 0 Å². The smallest absolute Gasteiger partial charge is 0.263 e. The second-order valence-electron chi connectivity index (χ2n) is 5.19. The average Bonchev–Trinajstić information content (AvgIpc) is 3.03. The molecule has 0 N–H and O–H groups in total. The minimum atomic E-state index is -3.71. The van der Waals surface area contributed by atoms with Gasteiger partial charge in [0.15, 0.2) is 0 Å². The quantitative estimate of drug-likeness (QED) is 0.815. The maximum Gasteiger partial charge on any atom is 0.263 e. The Morgan fingerprint density at radius 1 is 1.10 bits per heavy atom. The van der Waals surface area contributed by atoms with Crippen LogP contribution >= 0.6 is 10.7 Å². The normalized spacial score (nSPS) is 17.1. The number of likely N-dealkylation sites (tertiary alicyclic amines) is 1. The zero-order valence-electron chi connectivity index (χ0n) is 11.1. The Balaban J connectivity index is 1.94. The number of fused-ring (bicyclic) bond motifs is 1. The predicted octanol–water partition coefficient (Wildman–Crippen LogP) is 2.66. The average molecular weight is 313 g/mol. The molecule has 6 heteroatoms. The number of halogens is 1. The monoisotopic (exact) mass is 312 g/mol. The molecule has 1 aliphatic heterocycles. The molecule has 0 atom stereocenters. The van der Waals surface area contributed by atoms with Crippen LogP contribution in [0, 0.1) is 0 Å². The van der Waals surface area contributed by atoms with Crippen LogP contribution in [0.3, 0.4) is 0 Å². The number of rotatable bonds is 4. The van der Waals surface area contributed by atoms with Gasteiger partial charge in [-0.1, -0.05) is 18.2 Å². The Bertz CT molecular complexity index is 718. The second-order valence-corrected chi connectivity index (χ2v) is 7.72. The van der Waals surface area contributed by atoms with Gasteiger partial charge >= 0.3 is 0 Å². The van der Waals surface area contributed by atoms with Gasteiger partial charge < -0.3 is 9.47 Å². The number of para-hydroxylation sites is 1. The fraction of sp³-hybridized carbons (Fsp3) is 0.429. The largest absolute Gasteiger partial charge is 0.345 e. The van der Waals surface area contributed by atoms with Crippen LogP contribution in [0.5, 0.6) is 0 Å². The third-order valence-electron chi connectivity index (χ3n) is 3.87. The molecular weight excluding hydrogens is 296 g/mol. The van der Waals surface area contributed by atoms with E-state index in [1.807, 2.05) is 22.8 Å². The molecule has 1 aromatic heterocycles. The van der Waals surface area contributed by atoms with Crippen LogP contribution in [0.1, 0.15) is 12.8 Å². The summed E-state index contributed by atoms with van der Waals surface area (Å²) in [5.74, 6) is 0. The molecule has 1 aromatic carbocycles. The topological polar surface area (TPSA) is 42.3 Å². The highest BCUT2D eigenvalue weighted by molar-refractivity contribution is 8.14. The van der Waals surface area contributed by atoms with E-state index in [9.17, 15) is 8.42 Å². The first kappa shape index (κ1) is 13.9. The van der Waals surface area contributed by atoms with Crippen LogP contribution in [0.15, 0.2) is 35.4 Å². The summed E-state index contributed by atoms with van der Waals surface area (Å²) in [6.07, 6.45) is 4.17. The van der Waals surface area contributed by atoms with Crippen molar-refractivity contribution >= 4 is 30.6 Å². The van der Waals surface area contributed by atoms with Gasteiger partial charge in [-0.15, -0.1) is 0 Å². The Kier molecular flexibility index (Phi) is 3.75. The summed E-state index contributed by atoms with van der Waals surface area (Å²) in [5, 5.41) is 0.698. The van der Waals surface area contributed by atoms with Crippen molar-refractivity contribution in [3.05, 3.63) is 30.5 Å². The first-order valence-corrected chi connectivity index (χ1v) is 9.11. The predicted molar refractivity (Wildman–Crippen MR) is 80.7 cm³/mol. The van der Waals surface area contributed by atoms with Gasteiger partial charge in [0.25, 0.3) is 9.05 Å². The maximum absolute atomic E-state index is 11.7. The molecular formula is C14H17ClN2O2S. The van der Waals surface area contributed by atoms with Crippen LogP contribution in [0.25, 0.3) is 10.9 Å². The van der Waals surface area contributed by atoms with Crippen molar-refractivity contribution in [2.45, 2.75) is 24.3 Å². The second kappa shape index (κ2) is 5.39. The molecule has 3 rings (SSSR count). The third-order valence-corrected chi connectivity index (χ3v) is 5.22. The number of hydrogen-bond donors (Lipinski definition) is 0. The van der Waals surface area contributed by atoms with E-state index >= 15 is 0 Å². The maximum atomic E-state index is 11.7. The molecule has 108 valence electrons. The summed E-state index contributed by atoms with van der Waals surface area (Å²) in [6, 6.07) is 7.49. The van der Waals surface area contributed by atoms with Crippen molar-refractivity contribution in [2.75, 3.05) is 19.6 Å². The molecule has 0 spiro atoms. The summed E-state index contributed by atoms with van der Waals surface area (Å²) < 4.78 is 25.3. The first-order chi connectivity index (χ1) is 9.55. The zero-order valence-corrected chi connectivity index (χ0v) is 12.7. The summed E-state index contributed by atoms with van der Waals surface area (Å²) in [4.78, 5) is 2.61. The molecule has 0 radical (unpaired) electrons. The van der Waals surface area contributed by atoms with Crippen molar-refractivity contribution in [1.29, 1.82) is 0 Å². The molecule has 1 saturated heterocycles. The minimum Gasteiger partial charge on any atom is -0.345 e. The standard InChI is InChI=1S/C14H17ClN2O2S/c15-20(18,19)14-11-17(10-9-16-7-3-4-8-16)13-6-2-1-5-12(13)14/h1-2,5-6,11H,3-4,7-10H2. The van der Waals surface area contributed by atoms with Crippen LogP contribution in [-0.2, 0) is 15.6 Å². The lowest BCUT2D eigenvalue weighted by Gasteiger charge is -2.15. The van der Waals surface area contributed by atoms with Crippen molar-refractivity contribution in [2.24, 2.45) is 0 Å². The van der Waals surface area contributed by atoms with Gasteiger partial charge in [0, 0.05) is 40.9 Å². The Hall–Kier alpha value is -1.04. The van der Waals surface area contributed by atoms with E-state index in [1.165, 1.54) is 12.8 Å². The van der Waals surface area contributed by atoms with Crippen molar-refractivity contribution in [3.63, 3.8) is 0 Å². The fourth-order valence-corrected chi connectivity index (χ4v) is 3.91. The molecule has 2 heterocycles. The molecule has 0 saturated carbocycles. The Morgan fingerprint density at radius 2 is 1.80 bits per heavy atom.